The topological polar surface area (TPSA) is 58.6 Å². The van der Waals surface area contributed by atoms with E-state index in [0.717, 1.165) is 0 Å². The van der Waals surface area contributed by atoms with Gasteiger partial charge in [-0.2, -0.15) is 13.2 Å². The van der Waals surface area contributed by atoms with Gasteiger partial charge in [-0.15, -0.1) is 0 Å². The standard InChI is InChI=1S/C11H20F3NO3/c1-3-15-10(2,9(16)17)6-8-18-7-4-5-11(12,13)14/h15H,3-8H2,1-2H3,(H,16,17). The zero-order valence-electron chi connectivity index (χ0n) is 10.6. The van der Waals surface area contributed by atoms with Crippen LogP contribution in [0.4, 0.5) is 13.2 Å². The first kappa shape index (κ1) is 17.2. The van der Waals surface area contributed by atoms with Crippen LogP contribution in [-0.2, 0) is 9.53 Å². The molecule has 1 unspecified atom stereocenters. The Morgan fingerprint density at radius 1 is 1.28 bits per heavy atom. The van der Waals surface area contributed by atoms with E-state index in [-0.39, 0.29) is 26.1 Å². The third kappa shape index (κ3) is 7.50. The van der Waals surface area contributed by atoms with Crippen molar-refractivity contribution in [3.05, 3.63) is 0 Å². The minimum absolute atomic E-state index is 0.0126. The van der Waals surface area contributed by atoms with Crippen molar-refractivity contribution in [3.8, 4) is 0 Å². The Bertz CT molecular complexity index is 258. The molecule has 0 radical (unpaired) electrons. The molecule has 0 spiro atoms. The SMILES string of the molecule is CCNC(C)(CCOCCCC(F)(F)F)C(=O)O. The second-order valence-corrected chi connectivity index (χ2v) is 4.25. The minimum atomic E-state index is -4.16. The van der Waals surface area contributed by atoms with E-state index in [4.69, 9.17) is 9.84 Å². The fraction of sp³-hybridized carbons (Fsp3) is 0.909. The molecule has 0 fully saturated rings. The number of alkyl halides is 3. The van der Waals surface area contributed by atoms with Crippen molar-refractivity contribution in [2.24, 2.45) is 0 Å². The molecule has 4 nitrogen and oxygen atoms in total. The van der Waals surface area contributed by atoms with E-state index in [2.05, 4.69) is 5.32 Å². The monoisotopic (exact) mass is 271 g/mol. The van der Waals surface area contributed by atoms with Crippen LogP contribution in [0, 0.1) is 0 Å². The number of likely N-dealkylation sites (N-methyl/N-ethyl adjacent to an activating group) is 1. The van der Waals surface area contributed by atoms with Gasteiger partial charge in [0.05, 0.1) is 0 Å². The summed E-state index contributed by atoms with van der Waals surface area (Å²) in [7, 11) is 0. The molecule has 2 N–H and O–H groups in total. The van der Waals surface area contributed by atoms with E-state index in [1.165, 1.54) is 6.92 Å². The molecule has 1 atom stereocenters. The molecule has 0 bridgehead atoms. The number of ether oxygens (including phenoxy) is 1. The molecular formula is C11H20F3NO3. The third-order valence-electron chi connectivity index (χ3n) is 2.53. The van der Waals surface area contributed by atoms with Gasteiger partial charge in [0, 0.05) is 19.6 Å². The van der Waals surface area contributed by atoms with Crippen molar-refractivity contribution < 1.29 is 27.8 Å². The van der Waals surface area contributed by atoms with Crippen molar-refractivity contribution in [2.75, 3.05) is 19.8 Å². The molecule has 7 heteroatoms. The highest BCUT2D eigenvalue weighted by molar-refractivity contribution is 5.78. The molecule has 0 aliphatic rings. The summed E-state index contributed by atoms with van der Waals surface area (Å²) in [5.74, 6) is -0.997. The van der Waals surface area contributed by atoms with Crippen molar-refractivity contribution in [1.29, 1.82) is 0 Å². The quantitative estimate of drug-likeness (QED) is 0.631. The number of aliphatic carboxylic acids is 1. The summed E-state index contributed by atoms with van der Waals surface area (Å²) in [4.78, 5) is 11.0. The van der Waals surface area contributed by atoms with Crippen LogP contribution >= 0.6 is 0 Å². The van der Waals surface area contributed by atoms with Gasteiger partial charge < -0.3 is 15.2 Å². The lowest BCUT2D eigenvalue weighted by molar-refractivity contribution is -0.145. The number of halogens is 3. The minimum Gasteiger partial charge on any atom is -0.480 e. The van der Waals surface area contributed by atoms with Crippen LogP contribution in [0.2, 0.25) is 0 Å². The predicted molar refractivity (Wildman–Crippen MR) is 60.4 cm³/mol. The Morgan fingerprint density at radius 3 is 2.33 bits per heavy atom. The van der Waals surface area contributed by atoms with Gasteiger partial charge in [0.15, 0.2) is 0 Å². The first-order chi connectivity index (χ1) is 8.21. The van der Waals surface area contributed by atoms with Crippen LogP contribution in [0.5, 0.6) is 0 Å². The van der Waals surface area contributed by atoms with Crippen LogP contribution in [0.1, 0.15) is 33.1 Å². The Labute approximate surface area is 105 Å². The van der Waals surface area contributed by atoms with Crippen molar-refractivity contribution >= 4 is 5.97 Å². The summed E-state index contributed by atoms with van der Waals surface area (Å²) in [6.07, 6.45) is -4.93. The highest BCUT2D eigenvalue weighted by Crippen LogP contribution is 2.21. The van der Waals surface area contributed by atoms with Crippen LogP contribution < -0.4 is 5.32 Å². The zero-order valence-corrected chi connectivity index (χ0v) is 10.6. The molecular weight excluding hydrogens is 251 g/mol. The van der Waals surface area contributed by atoms with Gasteiger partial charge in [-0.1, -0.05) is 6.92 Å². The first-order valence-electron chi connectivity index (χ1n) is 5.84. The van der Waals surface area contributed by atoms with Crippen LogP contribution in [0.25, 0.3) is 0 Å². The lowest BCUT2D eigenvalue weighted by Crippen LogP contribution is -2.50. The smallest absolute Gasteiger partial charge is 0.389 e. The third-order valence-corrected chi connectivity index (χ3v) is 2.53. The number of carboxylic acids is 1. The average Bonchev–Trinajstić information content (AvgIpc) is 2.22. The number of hydrogen-bond acceptors (Lipinski definition) is 3. The van der Waals surface area contributed by atoms with E-state index in [1.54, 1.807) is 6.92 Å². The number of nitrogens with one attached hydrogen (secondary N) is 1. The van der Waals surface area contributed by atoms with Gasteiger partial charge in [0.2, 0.25) is 0 Å². The second-order valence-electron chi connectivity index (χ2n) is 4.25. The van der Waals surface area contributed by atoms with Crippen molar-refractivity contribution in [1.82, 2.24) is 5.32 Å². The molecule has 0 aromatic carbocycles. The molecule has 0 saturated carbocycles. The van der Waals surface area contributed by atoms with E-state index in [9.17, 15) is 18.0 Å². The molecule has 0 heterocycles. The number of carbonyl (C=O) groups is 1. The van der Waals surface area contributed by atoms with Gasteiger partial charge in [-0.25, -0.2) is 0 Å². The number of hydrogen-bond donors (Lipinski definition) is 2. The zero-order chi connectivity index (χ0) is 14.2. The summed E-state index contributed by atoms with van der Waals surface area (Å²) in [6, 6.07) is 0. The van der Waals surface area contributed by atoms with E-state index in [1.807, 2.05) is 0 Å². The fourth-order valence-corrected chi connectivity index (χ4v) is 1.41. The maximum Gasteiger partial charge on any atom is 0.389 e. The van der Waals surface area contributed by atoms with Crippen LogP contribution in [0.3, 0.4) is 0 Å². The molecule has 0 aromatic rings. The van der Waals surface area contributed by atoms with Gasteiger partial charge in [-0.05, 0) is 26.3 Å². The molecule has 0 rings (SSSR count). The summed E-state index contributed by atoms with van der Waals surface area (Å²) in [5, 5.41) is 11.8. The average molecular weight is 271 g/mol. The van der Waals surface area contributed by atoms with E-state index < -0.39 is 24.1 Å². The summed E-state index contributed by atoms with van der Waals surface area (Å²) >= 11 is 0. The molecule has 0 saturated heterocycles. The Morgan fingerprint density at radius 2 is 1.89 bits per heavy atom. The van der Waals surface area contributed by atoms with Crippen LogP contribution in [0.15, 0.2) is 0 Å². The molecule has 18 heavy (non-hydrogen) atoms. The number of rotatable bonds is 9. The molecule has 0 aromatic heterocycles. The molecule has 0 aliphatic heterocycles. The lowest BCUT2D eigenvalue weighted by Gasteiger charge is -2.25. The number of carboxylic acid groups (broad SMARTS) is 1. The molecule has 0 aliphatic carbocycles. The van der Waals surface area contributed by atoms with Gasteiger partial charge in [0.1, 0.15) is 5.54 Å². The molecule has 0 amide bonds. The van der Waals surface area contributed by atoms with Gasteiger partial charge in [0.25, 0.3) is 0 Å². The Balaban J connectivity index is 3.78. The van der Waals surface area contributed by atoms with Crippen molar-refractivity contribution in [3.63, 3.8) is 0 Å². The normalized spacial score (nSPS) is 15.4. The lowest BCUT2D eigenvalue weighted by atomic mass is 9.99. The Hall–Kier alpha value is -0.820. The van der Waals surface area contributed by atoms with Gasteiger partial charge >= 0.3 is 12.1 Å². The summed E-state index contributed by atoms with van der Waals surface area (Å²) < 4.78 is 40.5. The molecule has 108 valence electrons. The maximum absolute atomic E-state index is 11.8. The van der Waals surface area contributed by atoms with Crippen molar-refractivity contribution in [2.45, 2.75) is 44.8 Å². The summed E-state index contributed by atoms with van der Waals surface area (Å²) in [6.45, 7) is 3.91. The van der Waals surface area contributed by atoms with E-state index >= 15 is 0 Å². The van der Waals surface area contributed by atoms with E-state index in [0.29, 0.717) is 6.54 Å². The van der Waals surface area contributed by atoms with Crippen LogP contribution in [-0.4, -0.2) is 42.5 Å². The van der Waals surface area contributed by atoms with Gasteiger partial charge in [-0.3, -0.25) is 4.79 Å². The Kier molecular flexibility index (Phi) is 7.23. The highest BCUT2D eigenvalue weighted by Gasteiger charge is 2.31. The first-order valence-corrected chi connectivity index (χ1v) is 5.84. The fourth-order valence-electron chi connectivity index (χ4n) is 1.41. The second kappa shape index (κ2) is 7.58. The predicted octanol–water partition coefficient (Wildman–Crippen LogP) is 2.19. The highest BCUT2D eigenvalue weighted by atomic mass is 19.4. The maximum atomic E-state index is 11.8. The largest absolute Gasteiger partial charge is 0.480 e. The summed E-state index contributed by atoms with van der Waals surface area (Å²) in [5.41, 5.74) is -1.10.